The Kier molecular flexibility index (Phi) is 3.41. The van der Waals surface area contributed by atoms with Gasteiger partial charge in [0.15, 0.2) is 0 Å². The summed E-state index contributed by atoms with van der Waals surface area (Å²) < 4.78 is 0. The predicted molar refractivity (Wildman–Crippen MR) is 60.2 cm³/mol. The lowest BCUT2D eigenvalue weighted by molar-refractivity contribution is -0.125. The molecule has 84 valence electrons. The molecule has 1 saturated carbocycles. The van der Waals surface area contributed by atoms with Crippen LogP contribution in [0.2, 0.25) is 0 Å². The van der Waals surface area contributed by atoms with Gasteiger partial charge < -0.3 is 11.1 Å². The highest BCUT2D eigenvalue weighted by Gasteiger charge is 2.29. The molecule has 0 aromatic rings. The second kappa shape index (κ2) is 4.79. The van der Waals surface area contributed by atoms with Gasteiger partial charge in [-0.2, -0.15) is 0 Å². The van der Waals surface area contributed by atoms with Crippen LogP contribution in [0.5, 0.6) is 0 Å². The van der Waals surface area contributed by atoms with Gasteiger partial charge in [0.2, 0.25) is 5.91 Å². The molecule has 0 heterocycles. The standard InChI is InChI=1S/C12H20N2O/c13-8-10-6-3-7-11(10)14-12(15)9-4-1-2-5-9/h1-2,9-11H,3-8,13H2,(H,14,15). The van der Waals surface area contributed by atoms with Gasteiger partial charge in [-0.1, -0.05) is 18.6 Å². The zero-order valence-corrected chi connectivity index (χ0v) is 9.11. The summed E-state index contributed by atoms with van der Waals surface area (Å²) in [7, 11) is 0. The van der Waals surface area contributed by atoms with E-state index in [-0.39, 0.29) is 11.8 Å². The molecule has 1 fully saturated rings. The fourth-order valence-electron chi connectivity index (χ4n) is 2.64. The third-order valence-corrected chi connectivity index (χ3v) is 3.67. The van der Waals surface area contributed by atoms with Gasteiger partial charge in [-0.15, -0.1) is 0 Å². The lowest BCUT2D eigenvalue weighted by Crippen LogP contribution is -2.42. The first kappa shape index (κ1) is 10.7. The van der Waals surface area contributed by atoms with E-state index >= 15 is 0 Å². The molecular weight excluding hydrogens is 188 g/mol. The monoisotopic (exact) mass is 208 g/mol. The number of rotatable bonds is 3. The quantitative estimate of drug-likeness (QED) is 0.685. The molecule has 2 aliphatic carbocycles. The Labute approximate surface area is 91.1 Å². The van der Waals surface area contributed by atoms with E-state index in [0.29, 0.717) is 18.5 Å². The van der Waals surface area contributed by atoms with Crippen LogP contribution in [0.1, 0.15) is 32.1 Å². The summed E-state index contributed by atoms with van der Waals surface area (Å²) in [5.74, 6) is 0.915. The first-order valence-corrected chi connectivity index (χ1v) is 5.96. The number of carbonyl (C=O) groups excluding carboxylic acids is 1. The van der Waals surface area contributed by atoms with E-state index in [0.717, 1.165) is 19.3 Å². The van der Waals surface area contributed by atoms with E-state index in [1.165, 1.54) is 12.8 Å². The Morgan fingerprint density at radius 2 is 2.07 bits per heavy atom. The minimum absolute atomic E-state index is 0.184. The normalized spacial score (nSPS) is 31.0. The molecule has 3 nitrogen and oxygen atoms in total. The fraction of sp³-hybridized carbons (Fsp3) is 0.750. The molecule has 0 saturated heterocycles. The minimum Gasteiger partial charge on any atom is -0.353 e. The average Bonchev–Trinajstić information content (AvgIpc) is 2.87. The number of hydrogen-bond donors (Lipinski definition) is 2. The maximum atomic E-state index is 11.9. The fourth-order valence-corrected chi connectivity index (χ4v) is 2.64. The molecule has 0 aromatic heterocycles. The van der Waals surface area contributed by atoms with Crippen LogP contribution in [0, 0.1) is 11.8 Å². The third-order valence-electron chi connectivity index (χ3n) is 3.67. The van der Waals surface area contributed by atoms with Crippen molar-refractivity contribution in [3.05, 3.63) is 12.2 Å². The van der Waals surface area contributed by atoms with Crippen LogP contribution in [0.25, 0.3) is 0 Å². The molecule has 1 amide bonds. The molecule has 2 atom stereocenters. The molecule has 15 heavy (non-hydrogen) atoms. The Hall–Kier alpha value is -0.830. The summed E-state index contributed by atoms with van der Waals surface area (Å²) in [5.41, 5.74) is 5.69. The maximum Gasteiger partial charge on any atom is 0.223 e. The number of carbonyl (C=O) groups is 1. The minimum atomic E-state index is 0.184. The van der Waals surface area contributed by atoms with Gasteiger partial charge in [-0.05, 0) is 38.1 Å². The molecule has 0 aromatic carbocycles. The molecule has 3 N–H and O–H groups in total. The first-order chi connectivity index (χ1) is 7.31. The van der Waals surface area contributed by atoms with Gasteiger partial charge >= 0.3 is 0 Å². The Morgan fingerprint density at radius 1 is 1.33 bits per heavy atom. The zero-order chi connectivity index (χ0) is 10.7. The van der Waals surface area contributed by atoms with E-state index in [2.05, 4.69) is 17.5 Å². The van der Waals surface area contributed by atoms with Crippen molar-refractivity contribution in [1.82, 2.24) is 5.32 Å². The van der Waals surface area contributed by atoms with Crippen molar-refractivity contribution in [1.29, 1.82) is 0 Å². The second-order valence-electron chi connectivity index (χ2n) is 4.68. The number of allylic oxidation sites excluding steroid dienone is 2. The van der Waals surface area contributed by atoms with Crippen LogP contribution in [-0.2, 0) is 4.79 Å². The van der Waals surface area contributed by atoms with Gasteiger partial charge in [0, 0.05) is 12.0 Å². The lowest BCUT2D eigenvalue weighted by atomic mass is 10.0. The van der Waals surface area contributed by atoms with Crippen LogP contribution in [0.15, 0.2) is 12.2 Å². The van der Waals surface area contributed by atoms with Crippen molar-refractivity contribution in [2.24, 2.45) is 17.6 Å². The highest BCUT2D eigenvalue weighted by atomic mass is 16.1. The predicted octanol–water partition coefficient (Wildman–Crippen LogP) is 1.20. The summed E-state index contributed by atoms with van der Waals surface area (Å²) >= 11 is 0. The topological polar surface area (TPSA) is 55.1 Å². The summed E-state index contributed by atoms with van der Waals surface area (Å²) in [6, 6.07) is 0.336. The van der Waals surface area contributed by atoms with Crippen molar-refractivity contribution in [3.8, 4) is 0 Å². The van der Waals surface area contributed by atoms with Gasteiger partial charge in [0.05, 0.1) is 0 Å². The smallest absolute Gasteiger partial charge is 0.223 e. The summed E-state index contributed by atoms with van der Waals surface area (Å²) in [4.78, 5) is 11.9. The molecule has 2 unspecified atom stereocenters. The van der Waals surface area contributed by atoms with Gasteiger partial charge in [0.25, 0.3) is 0 Å². The highest BCUT2D eigenvalue weighted by Crippen LogP contribution is 2.26. The summed E-state index contributed by atoms with van der Waals surface area (Å²) in [5, 5.41) is 3.16. The Balaban J connectivity index is 1.82. The van der Waals surface area contributed by atoms with Crippen LogP contribution >= 0.6 is 0 Å². The van der Waals surface area contributed by atoms with E-state index in [1.807, 2.05) is 0 Å². The summed E-state index contributed by atoms with van der Waals surface area (Å²) in [6.45, 7) is 0.702. The molecule has 0 bridgehead atoms. The van der Waals surface area contributed by atoms with E-state index in [1.54, 1.807) is 0 Å². The Bertz CT molecular complexity index is 254. The largest absolute Gasteiger partial charge is 0.353 e. The molecule has 3 heteroatoms. The van der Waals surface area contributed by atoms with E-state index < -0.39 is 0 Å². The van der Waals surface area contributed by atoms with Crippen LogP contribution in [0.4, 0.5) is 0 Å². The first-order valence-electron chi connectivity index (χ1n) is 5.96. The third kappa shape index (κ3) is 2.40. The summed E-state index contributed by atoms with van der Waals surface area (Å²) in [6.07, 6.45) is 9.49. The van der Waals surface area contributed by atoms with Gasteiger partial charge in [-0.25, -0.2) is 0 Å². The Morgan fingerprint density at radius 3 is 2.73 bits per heavy atom. The molecule has 2 rings (SSSR count). The van der Waals surface area contributed by atoms with Gasteiger partial charge in [-0.3, -0.25) is 4.79 Å². The van der Waals surface area contributed by atoms with Crippen molar-refractivity contribution < 1.29 is 4.79 Å². The molecule has 0 spiro atoms. The molecule has 0 radical (unpaired) electrons. The van der Waals surface area contributed by atoms with Crippen LogP contribution in [-0.4, -0.2) is 18.5 Å². The number of hydrogen-bond acceptors (Lipinski definition) is 2. The maximum absolute atomic E-state index is 11.9. The van der Waals surface area contributed by atoms with Crippen molar-refractivity contribution >= 4 is 5.91 Å². The van der Waals surface area contributed by atoms with Crippen molar-refractivity contribution in [2.75, 3.05) is 6.54 Å². The van der Waals surface area contributed by atoms with Crippen LogP contribution < -0.4 is 11.1 Å². The SMILES string of the molecule is NCC1CCCC1NC(=O)C1CC=CC1. The lowest BCUT2D eigenvalue weighted by Gasteiger charge is -2.21. The van der Waals surface area contributed by atoms with E-state index in [4.69, 9.17) is 5.73 Å². The van der Waals surface area contributed by atoms with Crippen molar-refractivity contribution in [3.63, 3.8) is 0 Å². The van der Waals surface area contributed by atoms with Gasteiger partial charge in [0.1, 0.15) is 0 Å². The van der Waals surface area contributed by atoms with E-state index in [9.17, 15) is 4.79 Å². The molecular formula is C12H20N2O. The number of nitrogens with two attached hydrogens (primary N) is 1. The number of nitrogens with one attached hydrogen (secondary N) is 1. The van der Waals surface area contributed by atoms with Crippen molar-refractivity contribution in [2.45, 2.75) is 38.1 Å². The van der Waals surface area contributed by atoms with Crippen LogP contribution in [0.3, 0.4) is 0 Å². The zero-order valence-electron chi connectivity index (χ0n) is 9.11. The highest BCUT2D eigenvalue weighted by molar-refractivity contribution is 5.79. The average molecular weight is 208 g/mol. The second-order valence-corrected chi connectivity index (χ2v) is 4.68. The molecule has 0 aliphatic heterocycles. The molecule has 2 aliphatic rings. The number of amides is 1.